The topological polar surface area (TPSA) is 69.2 Å². The fourth-order valence-electron chi connectivity index (χ4n) is 2.30. The van der Waals surface area contributed by atoms with Crippen LogP contribution in [0.2, 0.25) is 5.28 Å². The summed E-state index contributed by atoms with van der Waals surface area (Å²) in [6.07, 6.45) is 0. The Morgan fingerprint density at radius 3 is 2.32 bits per heavy atom. The summed E-state index contributed by atoms with van der Waals surface area (Å²) < 4.78 is 10.7. The van der Waals surface area contributed by atoms with Gasteiger partial charge in [0.1, 0.15) is 5.82 Å². The average Bonchev–Trinajstić information content (AvgIpc) is 3.02. The number of hydrogen-bond acceptors (Lipinski definition) is 7. The summed E-state index contributed by atoms with van der Waals surface area (Å²) in [5, 5.41) is 6.95. The first kappa shape index (κ1) is 17.7. The van der Waals surface area contributed by atoms with Crippen molar-refractivity contribution >= 4 is 44.8 Å². The molecule has 0 unspecified atom stereocenters. The number of hydrogen-bond donors (Lipinski definition) is 1. The lowest BCUT2D eigenvalue weighted by Gasteiger charge is -2.14. The van der Waals surface area contributed by atoms with Crippen molar-refractivity contribution in [1.29, 1.82) is 0 Å². The summed E-state index contributed by atoms with van der Waals surface area (Å²) in [5.41, 5.74) is 1.66. The number of ether oxygens (including phenoxy) is 2. The predicted octanol–water partition coefficient (Wildman–Crippen LogP) is 4.80. The third-order valence-electron chi connectivity index (χ3n) is 3.67. The van der Waals surface area contributed by atoms with Crippen LogP contribution in [0.3, 0.4) is 0 Å². The van der Waals surface area contributed by atoms with Gasteiger partial charge < -0.3 is 14.8 Å². The van der Waals surface area contributed by atoms with Crippen LogP contribution in [-0.2, 0) is 5.41 Å². The van der Waals surface area contributed by atoms with Gasteiger partial charge in [0.15, 0.2) is 16.6 Å². The second-order valence-electron chi connectivity index (χ2n) is 6.48. The molecule has 0 radical (unpaired) electrons. The van der Waals surface area contributed by atoms with Gasteiger partial charge in [-0.05, 0) is 17.7 Å². The van der Waals surface area contributed by atoms with Gasteiger partial charge in [-0.2, -0.15) is 4.98 Å². The van der Waals surface area contributed by atoms with Crippen molar-refractivity contribution < 1.29 is 9.47 Å². The molecule has 6 nitrogen and oxygen atoms in total. The number of aromatic nitrogens is 3. The minimum Gasteiger partial charge on any atom is -0.493 e. The van der Waals surface area contributed by atoms with Crippen molar-refractivity contribution in [2.24, 2.45) is 0 Å². The molecule has 132 valence electrons. The molecule has 0 amide bonds. The van der Waals surface area contributed by atoms with Gasteiger partial charge in [-0.3, -0.25) is 0 Å². The number of anilines is 2. The highest BCUT2D eigenvalue weighted by atomic mass is 35.5. The standard InChI is InChI=1S/C17H19ClN4O2S/c1-17(2,3)13-8-25-16(20-13)22-14-9-6-11(23-4)12(24-5)7-10(9)19-15(18)21-14/h6-8H,1-5H3,(H,19,20,21,22). The number of halogens is 1. The van der Waals surface area contributed by atoms with E-state index in [1.807, 2.05) is 11.4 Å². The quantitative estimate of drug-likeness (QED) is 0.658. The number of rotatable bonds is 4. The average molecular weight is 379 g/mol. The molecule has 0 spiro atoms. The van der Waals surface area contributed by atoms with Crippen LogP contribution in [0, 0.1) is 0 Å². The minimum atomic E-state index is -0.0155. The summed E-state index contributed by atoms with van der Waals surface area (Å²) in [7, 11) is 3.17. The molecule has 3 rings (SSSR count). The van der Waals surface area contributed by atoms with E-state index in [9.17, 15) is 0 Å². The maximum absolute atomic E-state index is 6.09. The van der Waals surface area contributed by atoms with Crippen molar-refractivity contribution in [3.05, 3.63) is 28.5 Å². The molecule has 0 aliphatic heterocycles. The van der Waals surface area contributed by atoms with Gasteiger partial charge in [0, 0.05) is 22.2 Å². The van der Waals surface area contributed by atoms with E-state index in [0.29, 0.717) is 22.8 Å². The number of thiazole rings is 1. The third-order valence-corrected chi connectivity index (χ3v) is 4.60. The Balaban J connectivity index is 2.07. The minimum absolute atomic E-state index is 0.0155. The zero-order valence-corrected chi connectivity index (χ0v) is 16.2. The summed E-state index contributed by atoms with van der Waals surface area (Å²) >= 11 is 7.61. The van der Waals surface area contributed by atoms with Gasteiger partial charge in [-0.1, -0.05) is 20.8 Å². The number of benzene rings is 1. The molecule has 3 aromatic rings. The van der Waals surface area contributed by atoms with Gasteiger partial charge in [0.2, 0.25) is 5.28 Å². The van der Waals surface area contributed by atoms with E-state index in [-0.39, 0.29) is 10.7 Å². The highest BCUT2D eigenvalue weighted by Gasteiger charge is 2.19. The van der Waals surface area contributed by atoms with Crippen molar-refractivity contribution in [3.63, 3.8) is 0 Å². The van der Waals surface area contributed by atoms with Crippen LogP contribution in [0.25, 0.3) is 10.9 Å². The first-order valence-corrected chi connectivity index (χ1v) is 8.90. The Bertz CT molecular complexity index is 921. The zero-order valence-electron chi connectivity index (χ0n) is 14.7. The highest BCUT2D eigenvalue weighted by molar-refractivity contribution is 7.13. The normalized spacial score (nSPS) is 11.6. The van der Waals surface area contributed by atoms with Gasteiger partial charge in [-0.25, -0.2) is 9.97 Å². The van der Waals surface area contributed by atoms with Crippen LogP contribution in [0.5, 0.6) is 11.5 Å². The monoisotopic (exact) mass is 378 g/mol. The van der Waals surface area contributed by atoms with Crippen LogP contribution < -0.4 is 14.8 Å². The highest BCUT2D eigenvalue weighted by Crippen LogP contribution is 2.36. The molecule has 0 fully saturated rings. The zero-order chi connectivity index (χ0) is 18.2. The van der Waals surface area contributed by atoms with Gasteiger partial charge in [0.05, 0.1) is 25.4 Å². The van der Waals surface area contributed by atoms with E-state index < -0.39 is 0 Å². The summed E-state index contributed by atoms with van der Waals surface area (Å²) in [4.78, 5) is 13.2. The molecule has 0 saturated carbocycles. The van der Waals surface area contributed by atoms with Gasteiger partial charge in [-0.15, -0.1) is 11.3 Å². The molecule has 0 saturated heterocycles. The Morgan fingerprint density at radius 2 is 1.72 bits per heavy atom. The second-order valence-corrected chi connectivity index (χ2v) is 7.67. The molecule has 0 aliphatic carbocycles. The molecule has 2 aromatic heterocycles. The van der Waals surface area contributed by atoms with E-state index in [0.717, 1.165) is 16.2 Å². The van der Waals surface area contributed by atoms with Crippen LogP contribution in [0.15, 0.2) is 17.5 Å². The van der Waals surface area contributed by atoms with E-state index in [1.165, 1.54) is 11.3 Å². The Morgan fingerprint density at radius 1 is 1.04 bits per heavy atom. The van der Waals surface area contributed by atoms with E-state index >= 15 is 0 Å². The van der Waals surface area contributed by atoms with Crippen LogP contribution >= 0.6 is 22.9 Å². The lowest BCUT2D eigenvalue weighted by atomic mass is 9.93. The summed E-state index contributed by atoms with van der Waals surface area (Å²) in [5.74, 6) is 1.75. The maximum Gasteiger partial charge on any atom is 0.224 e. The van der Waals surface area contributed by atoms with Gasteiger partial charge >= 0.3 is 0 Å². The molecule has 0 atom stereocenters. The van der Waals surface area contributed by atoms with E-state index in [2.05, 4.69) is 41.0 Å². The second kappa shape index (κ2) is 6.65. The SMILES string of the molecule is COc1cc2nc(Cl)nc(Nc3nc(C(C)(C)C)cs3)c2cc1OC. The Hall–Kier alpha value is -2.12. The number of fused-ring (bicyclic) bond motifs is 1. The third kappa shape index (κ3) is 3.62. The van der Waals surface area contributed by atoms with Crippen molar-refractivity contribution in [2.45, 2.75) is 26.2 Å². The number of nitrogens with one attached hydrogen (secondary N) is 1. The largest absolute Gasteiger partial charge is 0.493 e. The number of nitrogens with zero attached hydrogens (tertiary/aromatic N) is 3. The first-order chi connectivity index (χ1) is 11.8. The summed E-state index contributed by atoms with van der Waals surface area (Å²) in [6, 6.07) is 3.60. The fraction of sp³-hybridized carbons (Fsp3) is 0.353. The Labute approximate surface area is 155 Å². The molecule has 1 aromatic carbocycles. The van der Waals surface area contributed by atoms with Crippen molar-refractivity contribution in [3.8, 4) is 11.5 Å². The predicted molar refractivity (Wildman–Crippen MR) is 102 cm³/mol. The smallest absolute Gasteiger partial charge is 0.224 e. The maximum atomic E-state index is 6.09. The Kier molecular flexibility index (Phi) is 4.71. The first-order valence-electron chi connectivity index (χ1n) is 7.64. The molecule has 25 heavy (non-hydrogen) atoms. The summed E-state index contributed by atoms with van der Waals surface area (Å²) in [6.45, 7) is 6.37. The molecule has 0 bridgehead atoms. The molecular weight excluding hydrogens is 360 g/mol. The number of methoxy groups -OCH3 is 2. The molecule has 8 heteroatoms. The van der Waals surface area contributed by atoms with Crippen LogP contribution in [0.1, 0.15) is 26.5 Å². The lowest BCUT2D eigenvalue weighted by Crippen LogP contribution is -2.11. The molecular formula is C17H19ClN4O2S. The van der Waals surface area contributed by atoms with E-state index in [1.54, 1.807) is 20.3 Å². The van der Waals surface area contributed by atoms with Crippen molar-refractivity contribution in [1.82, 2.24) is 15.0 Å². The molecule has 1 N–H and O–H groups in total. The van der Waals surface area contributed by atoms with Crippen LogP contribution in [-0.4, -0.2) is 29.2 Å². The van der Waals surface area contributed by atoms with Crippen LogP contribution in [0.4, 0.5) is 10.9 Å². The fourth-order valence-corrected chi connectivity index (χ4v) is 3.41. The van der Waals surface area contributed by atoms with Crippen molar-refractivity contribution in [2.75, 3.05) is 19.5 Å². The molecule has 0 aliphatic rings. The van der Waals surface area contributed by atoms with E-state index in [4.69, 9.17) is 21.1 Å². The lowest BCUT2D eigenvalue weighted by molar-refractivity contribution is 0.356. The van der Waals surface area contributed by atoms with Gasteiger partial charge in [0.25, 0.3) is 0 Å². The molecule has 2 heterocycles.